The Kier molecular flexibility index (Phi) is 3.57. The second kappa shape index (κ2) is 4.13. The van der Waals surface area contributed by atoms with E-state index < -0.39 is 15.8 Å². The van der Waals surface area contributed by atoms with E-state index >= 15 is 0 Å². The van der Waals surface area contributed by atoms with Gasteiger partial charge >= 0.3 is 10.3 Å². The van der Waals surface area contributed by atoms with Gasteiger partial charge in [0.05, 0.1) is 5.50 Å². The van der Waals surface area contributed by atoms with Gasteiger partial charge in [-0.2, -0.15) is 12.7 Å². The van der Waals surface area contributed by atoms with Crippen molar-refractivity contribution in [1.29, 1.82) is 0 Å². The van der Waals surface area contributed by atoms with Gasteiger partial charge in [-0.3, -0.25) is 4.55 Å². The Balaban J connectivity index is 2.79. The monoisotopic (exact) mass is 227 g/mol. The molecule has 1 aliphatic carbocycles. The minimum Gasteiger partial charge on any atom is -0.273 e. The molecule has 0 spiro atoms. The van der Waals surface area contributed by atoms with Crippen molar-refractivity contribution in [3.8, 4) is 0 Å². The Labute approximate surface area is 83.8 Å². The van der Waals surface area contributed by atoms with E-state index in [0.717, 1.165) is 30.0 Å². The quantitative estimate of drug-likeness (QED) is 0.453. The van der Waals surface area contributed by atoms with Crippen molar-refractivity contribution in [1.82, 2.24) is 4.31 Å². The summed E-state index contributed by atoms with van der Waals surface area (Å²) in [7, 11) is -4.15. The van der Waals surface area contributed by atoms with Crippen LogP contribution in [0.2, 0.25) is 0 Å². The Hall–Kier alpha value is 0.160. The molecule has 4 nitrogen and oxygen atoms in total. The van der Waals surface area contributed by atoms with E-state index in [1.807, 2.05) is 0 Å². The second-order valence-corrected chi connectivity index (χ2v) is 5.27. The molecule has 0 aromatic heterocycles. The van der Waals surface area contributed by atoms with Crippen LogP contribution in [0.25, 0.3) is 0 Å². The van der Waals surface area contributed by atoms with Gasteiger partial charge in [0.2, 0.25) is 0 Å². The van der Waals surface area contributed by atoms with Crippen LogP contribution in [0.4, 0.5) is 0 Å². The first-order valence-electron chi connectivity index (χ1n) is 4.33. The Morgan fingerprint density at radius 1 is 1.46 bits per heavy atom. The van der Waals surface area contributed by atoms with Crippen LogP contribution >= 0.6 is 11.6 Å². The van der Waals surface area contributed by atoms with Gasteiger partial charge in [-0.15, -0.1) is 11.6 Å². The molecule has 1 rings (SSSR count). The van der Waals surface area contributed by atoms with E-state index in [2.05, 4.69) is 0 Å². The van der Waals surface area contributed by atoms with Gasteiger partial charge in [-0.25, -0.2) is 0 Å². The first-order valence-corrected chi connectivity index (χ1v) is 6.16. The lowest BCUT2D eigenvalue weighted by Gasteiger charge is -2.26. The van der Waals surface area contributed by atoms with Gasteiger partial charge < -0.3 is 0 Å². The van der Waals surface area contributed by atoms with Gasteiger partial charge in [0, 0.05) is 6.04 Å². The largest absolute Gasteiger partial charge is 0.337 e. The molecule has 1 N–H and O–H groups in total. The van der Waals surface area contributed by atoms with Crippen molar-refractivity contribution in [2.45, 2.75) is 44.1 Å². The molecule has 0 saturated heterocycles. The topological polar surface area (TPSA) is 57.6 Å². The summed E-state index contributed by atoms with van der Waals surface area (Å²) in [5, 5.41) is 0. The summed E-state index contributed by atoms with van der Waals surface area (Å²) in [6.07, 6.45) is 3.58. The van der Waals surface area contributed by atoms with Gasteiger partial charge in [0.1, 0.15) is 0 Å². The third-order valence-electron chi connectivity index (χ3n) is 2.30. The number of hydrogen-bond donors (Lipinski definition) is 1. The first-order chi connectivity index (χ1) is 5.93. The molecular formula is C7H14ClNO3S. The van der Waals surface area contributed by atoms with E-state index in [1.165, 1.54) is 0 Å². The maximum absolute atomic E-state index is 11.0. The van der Waals surface area contributed by atoms with Crippen molar-refractivity contribution in [2.24, 2.45) is 0 Å². The minimum atomic E-state index is -4.15. The van der Waals surface area contributed by atoms with Crippen LogP contribution in [0.3, 0.4) is 0 Å². The van der Waals surface area contributed by atoms with Gasteiger partial charge in [0.15, 0.2) is 0 Å². The number of halogens is 1. The SMILES string of the molecule is CC(Cl)N(C1CCCC1)S(=O)(=O)O. The van der Waals surface area contributed by atoms with Crippen LogP contribution < -0.4 is 0 Å². The van der Waals surface area contributed by atoms with E-state index in [0.29, 0.717) is 0 Å². The number of rotatable bonds is 3. The summed E-state index contributed by atoms with van der Waals surface area (Å²) in [5.74, 6) is 0. The number of alkyl halides is 1. The highest BCUT2D eigenvalue weighted by atomic mass is 35.5. The second-order valence-electron chi connectivity index (χ2n) is 3.32. The number of nitrogens with zero attached hydrogens (tertiary/aromatic N) is 1. The van der Waals surface area contributed by atoms with Gasteiger partial charge in [-0.05, 0) is 19.8 Å². The molecule has 78 valence electrons. The fourth-order valence-electron chi connectivity index (χ4n) is 1.82. The smallest absolute Gasteiger partial charge is 0.273 e. The van der Waals surface area contributed by atoms with Crippen molar-refractivity contribution >= 4 is 21.9 Å². The lowest BCUT2D eigenvalue weighted by molar-refractivity contribution is 0.278. The zero-order valence-electron chi connectivity index (χ0n) is 7.48. The molecule has 1 unspecified atom stereocenters. The highest BCUT2D eigenvalue weighted by Crippen LogP contribution is 2.27. The molecule has 0 bridgehead atoms. The summed E-state index contributed by atoms with van der Waals surface area (Å²) in [5.41, 5.74) is -0.682. The zero-order chi connectivity index (χ0) is 10.1. The van der Waals surface area contributed by atoms with Crippen LogP contribution in [0, 0.1) is 0 Å². The minimum absolute atomic E-state index is 0.123. The lowest BCUT2D eigenvalue weighted by atomic mass is 10.2. The lowest BCUT2D eigenvalue weighted by Crippen LogP contribution is -2.42. The molecule has 1 atom stereocenters. The maximum atomic E-state index is 11.0. The molecule has 0 aromatic carbocycles. The summed E-state index contributed by atoms with van der Waals surface area (Å²) in [4.78, 5) is 0. The molecule has 13 heavy (non-hydrogen) atoms. The standard InChI is InChI=1S/C7H14ClNO3S/c1-6(8)9(13(10,11)12)7-4-2-3-5-7/h6-7H,2-5H2,1H3,(H,10,11,12). The predicted molar refractivity (Wildman–Crippen MR) is 51.0 cm³/mol. The third kappa shape index (κ3) is 2.80. The molecule has 0 heterocycles. The molecule has 1 fully saturated rings. The summed E-state index contributed by atoms with van der Waals surface area (Å²) < 4.78 is 31.8. The van der Waals surface area contributed by atoms with Crippen LogP contribution in [-0.4, -0.2) is 28.8 Å². The van der Waals surface area contributed by atoms with E-state index in [4.69, 9.17) is 16.2 Å². The first kappa shape index (κ1) is 11.2. The van der Waals surface area contributed by atoms with Crippen LogP contribution in [0.1, 0.15) is 32.6 Å². The van der Waals surface area contributed by atoms with E-state index in [-0.39, 0.29) is 6.04 Å². The summed E-state index contributed by atoms with van der Waals surface area (Å²) >= 11 is 5.70. The zero-order valence-corrected chi connectivity index (χ0v) is 9.05. The molecule has 1 aliphatic rings. The van der Waals surface area contributed by atoms with Crippen molar-refractivity contribution in [3.05, 3.63) is 0 Å². The molecule has 0 radical (unpaired) electrons. The highest BCUT2D eigenvalue weighted by Gasteiger charge is 2.33. The molecule has 0 amide bonds. The van der Waals surface area contributed by atoms with Gasteiger partial charge in [-0.1, -0.05) is 12.8 Å². The van der Waals surface area contributed by atoms with Crippen LogP contribution in [0.15, 0.2) is 0 Å². The van der Waals surface area contributed by atoms with Crippen LogP contribution in [-0.2, 0) is 10.3 Å². The fourth-order valence-corrected chi connectivity index (χ4v) is 3.24. The van der Waals surface area contributed by atoms with Crippen molar-refractivity contribution in [2.75, 3.05) is 0 Å². The predicted octanol–water partition coefficient (Wildman–Crippen LogP) is 1.62. The maximum Gasteiger partial charge on any atom is 0.337 e. The fraction of sp³-hybridized carbons (Fsp3) is 1.00. The molecule has 0 aliphatic heterocycles. The Morgan fingerprint density at radius 2 is 1.92 bits per heavy atom. The molecule has 6 heteroatoms. The van der Waals surface area contributed by atoms with E-state index in [1.54, 1.807) is 6.92 Å². The normalized spacial score (nSPS) is 22.5. The molecule has 1 saturated carbocycles. The van der Waals surface area contributed by atoms with E-state index in [9.17, 15) is 8.42 Å². The van der Waals surface area contributed by atoms with Crippen LogP contribution in [0.5, 0.6) is 0 Å². The Bertz CT molecular complexity index is 259. The average molecular weight is 228 g/mol. The van der Waals surface area contributed by atoms with Gasteiger partial charge in [0.25, 0.3) is 0 Å². The number of hydrogen-bond acceptors (Lipinski definition) is 2. The molecule has 0 aromatic rings. The van der Waals surface area contributed by atoms with Crippen molar-refractivity contribution < 1.29 is 13.0 Å². The Morgan fingerprint density at radius 3 is 2.23 bits per heavy atom. The van der Waals surface area contributed by atoms with Crippen molar-refractivity contribution in [3.63, 3.8) is 0 Å². The third-order valence-corrected chi connectivity index (χ3v) is 3.77. The summed E-state index contributed by atoms with van der Waals surface area (Å²) in [6, 6.07) is -0.123. The summed E-state index contributed by atoms with van der Waals surface area (Å²) in [6.45, 7) is 1.55. The average Bonchev–Trinajstić information content (AvgIpc) is 2.34. The highest BCUT2D eigenvalue weighted by molar-refractivity contribution is 7.83. The molecular weight excluding hydrogens is 214 g/mol.